The molecule has 1 atom stereocenters. The van der Waals surface area contributed by atoms with Crippen LogP contribution in [0, 0.1) is 6.92 Å². The van der Waals surface area contributed by atoms with E-state index in [0.29, 0.717) is 28.7 Å². The minimum Gasteiger partial charge on any atom is -0.471 e. The van der Waals surface area contributed by atoms with Crippen LogP contribution >= 0.6 is 0 Å². The number of nitrogens with zero attached hydrogens (tertiary/aromatic N) is 3. The number of carbonyl (C=O) groups excluding carboxylic acids is 2. The van der Waals surface area contributed by atoms with Crippen molar-refractivity contribution in [2.75, 3.05) is 19.8 Å². The van der Waals surface area contributed by atoms with E-state index in [1.165, 1.54) is 30.3 Å². The van der Waals surface area contributed by atoms with Gasteiger partial charge in [-0.05, 0) is 38.0 Å². The Hall–Kier alpha value is -3.28. The van der Waals surface area contributed by atoms with E-state index >= 15 is 0 Å². The van der Waals surface area contributed by atoms with E-state index in [1.54, 1.807) is 13.0 Å². The van der Waals surface area contributed by atoms with E-state index in [0.717, 1.165) is 0 Å². The zero-order valence-electron chi connectivity index (χ0n) is 18.5. The van der Waals surface area contributed by atoms with Gasteiger partial charge in [0.2, 0.25) is 5.88 Å². The molecule has 8 nitrogen and oxygen atoms in total. The Labute approximate surface area is 193 Å². The summed E-state index contributed by atoms with van der Waals surface area (Å²) in [6.45, 7) is 2.06. The molecule has 34 heavy (non-hydrogen) atoms. The molecule has 1 aliphatic heterocycles. The second-order valence-electron chi connectivity index (χ2n) is 7.87. The van der Waals surface area contributed by atoms with Crippen LogP contribution in [0.15, 0.2) is 24.5 Å². The van der Waals surface area contributed by atoms with Gasteiger partial charge >= 0.3 is 12.3 Å². The molecule has 2 N–H and O–H groups in total. The summed E-state index contributed by atoms with van der Waals surface area (Å²) in [6, 6.07) is 2.59. The first-order chi connectivity index (χ1) is 16.1. The van der Waals surface area contributed by atoms with Gasteiger partial charge in [-0.15, -0.1) is 0 Å². The smallest absolute Gasteiger partial charge is 0.340 e. The molecule has 0 radical (unpaired) electrons. The number of hydrogen-bond acceptors (Lipinski definition) is 6. The quantitative estimate of drug-likeness (QED) is 0.397. The zero-order valence-corrected chi connectivity index (χ0v) is 18.5. The minimum atomic E-state index is -4.30. The number of amides is 2. The molecule has 2 amide bonds. The first-order valence-electron chi connectivity index (χ1n) is 10.5. The van der Waals surface area contributed by atoms with Gasteiger partial charge in [0.05, 0.1) is 6.04 Å². The molecular weight excluding hydrogens is 460 g/mol. The third-order valence-corrected chi connectivity index (χ3v) is 5.43. The number of aliphatic hydroxyl groups excluding tert-OH is 1. The fourth-order valence-electron chi connectivity index (χ4n) is 3.49. The Morgan fingerprint density at radius 2 is 2.09 bits per heavy atom. The third kappa shape index (κ3) is 5.27. The van der Waals surface area contributed by atoms with Crippen molar-refractivity contribution in [3.8, 4) is 5.88 Å². The lowest BCUT2D eigenvalue weighted by atomic mass is 10.1. The number of nitrogens with one attached hydrogen (secondary N) is 1. The highest BCUT2D eigenvalue weighted by Crippen LogP contribution is 2.33. The van der Waals surface area contributed by atoms with Crippen LogP contribution in [0.5, 0.6) is 5.88 Å². The van der Waals surface area contributed by atoms with Crippen LogP contribution in [0.2, 0.25) is 0 Å². The Balaban J connectivity index is 1.75. The number of fused-ring (bicyclic) bond motifs is 1. The van der Waals surface area contributed by atoms with Gasteiger partial charge in [0.15, 0.2) is 6.61 Å². The van der Waals surface area contributed by atoms with Crippen molar-refractivity contribution in [1.82, 2.24) is 20.2 Å². The predicted octanol–water partition coefficient (Wildman–Crippen LogP) is 2.89. The average Bonchev–Trinajstić information content (AvgIpc) is 3.14. The van der Waals surface area contributed by atoms with Gasteiger partial charge in [-0.3, -0.25) is 14.6 Å². The van der Waals surface area contributed by atoms with Gasteiger partial charge < -0.3 is 20.1 Å². The Morgan fingerprint density at radius 3 is 2.74 bits per heavy atom. The van der Waals surface area contributed by atoms with Crippen molar-refractivity contribution in [1.29, 1.82) is 0 Å². The molecule has 0 saturated heterocycles. The number of aryl methyl sites for hydroxylation is 1. The zero-order chi connectivity index (χ0) is 25.0. The van der Waals surface area contributed by atoms with Crippen molar-refractivity contribution < 1.29 is 37.0 Å². The Morgan fingerprint density at radius 1 is 1.35 bits per heavy atom. The van der Waals surface area contributed by atoms with Crippen molar-refractivity contribution in [3.63, 3.8) is 0 Å². The van der Waals surface area contributed by atoms with Crippen LogP contribution in [0.3, 0.4) is 0 Å². The highest BCUT2D eigenvalue weighted by atomic mass is 19.3. The number of aromatic nitrogens is 2. The molecule has 0 spiro atoms. The maximum Gasteiger partial charge on any atom is 0.340 e. The fourth-order valence-corrected chi connectivity index (χ4v) is 3.49. The number of rotatable bonds is 10. The van der Waals surface area contributed by atoms with Crippen LogP contribution < -0.4 is 10.1 Å². The molecule has 3 heterocycles. The molecule has 2 aromatic heterocycles. The van der Waals surface area contributed by atoms with Gasteiger partial charge in [-0.25, -0.2) is 13.8 Å². The number of alkyl halides is 4. The minimum absolute atomic E-state index is 0.0731. The molecule has 0 bridgehead atoms. The molecule has 0 saturated carbocycles. The number of carbonyl (C=O) groups is 2. The van der Waals surface area contributed by atoms with Crippen molar-refractivity contribution >= 4 is 11.8 Å². The molecule has 184 valence electrons. The summed E-state index contributed by atoms with van der Waals surface area (Å²) in [5, 5.41) is 11.5. The molecule has 2 aromatic rings. The summed E-state index contributed by atoms with van der Waals surface area (Å²) in [5.41, 5.74) is 1.84. The Bertz CT molecular complexity index is 1070. The second kappa shape index (κ2) is 10.3. The molecule has 0 fully saturated rings. The van der Waals surface area contributed by atoms with Gasteiger partial charge in [0.1, 0.15) is 5.69 Å². The standard InChI is InChI=1S/C22H24F4N4O4/c1-12-8-14(9-29-19(12)34-11-22(25,26)21(23)24)13(2)30-10-16-15(20(30)33)4-6-27-17(16)18(32)28-5-3-7-31/h4,6,8-9,13,21,31H,3,5,7,10-11H2,1-2H3,(H,28,32). The lowest BCUT2D eigenvalue weighted by Crippen LogP contribution is -2.34. The second-order valence-corrected chi connectivity index (χ2v) is 7.87. The van der Waals surface area contributed by atoms with Gasteiger partial charge in [-0.1, -0.05) is 0 Å². The summed E-state index contributed by atoms with van der Waals surface area (Å²) in [6.07, 6.45) is -0.774. The number of aliphatic hydroxyl groups is 1. The van der Waals surface area contributed by atoms with E-state index in [2.05, 4.69) is 15.3 Å². The van der Waals surface area contributed by atoms with Gasteiger partial charge in [0, 0.05) is 48.8 Å². The van der Waals surface area contributed by atoms with Crippen molar-refractivity contribution in [3.05, 3.63) is 52.5 Å². The highest BCUT2D eigenvalue weighted by Gasteiger charge is 2.42. The fraction of sp³-hybridized carbons (Fsp3) is 0.455. The van der Waals surface area contributed by atoms with Gasteiger partial charge in [-0.2, -0.15) is 8.78 Å². The number of ether oxygens (including phenoxy) is 1. The number of hydrogen-bond donors (Lipinski definition) is 2. The molecular formula is C22H24F4N4O4. The van der Waals surface area contributed by atoms with E-state index in [1.807, 2.05) is 0 Å². The van der Waals surface area contributed by atoms with E-state index in [-0.39, 0.29) is 37.2 Å². The van der Waals surface area contributed by atoms with Gasteiger partial charge in [0.25, 0.3) is 11.8 Å². The first-order valence-corrected chi connectivity index (χ1v) is 10.5. The number of pyridine rings is 2. The molecule has 12 heteroatoms. The van der Waals surface area contributed by atoms with E-state index in [9.17, 15) is 27.2 Å². The summed E-state index contributed by atoms with van der Waals surface area (Å²) >= 11 is 0. The van der Waals surface area contributed by atoms with Crippen LogP contribution in [-0.4, -0.2) is 63.9 Å². The van der Waals surface area contributed by atoms with Crippen LogP contribution in [0.1, 0.15) is 56.9 Å². The maximum atomic E-state index is 13.1. The lowest BCUT2D eigenvalue weighted by Gasteiger charge is -2.25. The van der Waals surface area contributed by atoms with Crippen molar-refractivity contribution in [2.45, 2.75) is 45.2 Å². The molecule has 0 aromatic carbocycles. The average molecular weight is 484 g/mol. The van der Waals surface area contributed by atoms with Crippen LogP contribution in [0.4, 0.5) is 17.6 Å². The first kappa shape index (κ1) is 25.3. The van der Waals surface area contributed by atoms with Crippen LogP contribution in [-0.2, 0) is 6.54 Å². The normalized spacial score (nSPS) is 14.4. The monoisotopic (exact) mass is 484 g/mol. The molecule has 1 unspecified atom stereocenters. The topological polar surface area (TPSA) is 105 Å². The SMILES string of the molecule is Cc1cc(C(C)N2Cc3c(ccnc3C(=O)NCCCO)C2=O)cnc1OCC(F)(F)C(F)F. The predicted molar refractivity (Wildman–Crippen MR) is 112 cm³/mol. The molecule has 1 aliphatic rings. The summed E-state index contributed by atoms with van der Waals surface area (Å²) < 4.78 is 55.7. The van der Waals surface area contributed by atoms with Crippen molar-refractivity contribution in [2.24, 2.45) is 0 Å². The maximum absolute atomic E-state index is 13.1. The Kier molecular flexibility index (Phi) is 7.70. The summed E-state index contributed by atoms with van der Waals surface area (Å²) in [4.78, 5) is 35.1. The molecule has 3 rings (SSSR count). The lowest BCUT2D eigenvalue weighted by molar-refractivity contribution is -0.148. The van der Waals surface area contributed by atoms with E-state index < -0.39 is 30.9 Å². The summed E-state index contributed by atoms with van der Waals surface area (Å²) in [5.74, 6) is -5.28. The largest absolute Gasteiger partial charge is 0.471 e. The molecule has 0 aliphatic carbocycles. The third-order valence-electron chi connectivity index (χ3n) is 5.43. The highest BCUT2D eigenvalue weighted by molar-refractivity contribution is 6.03. The van der Waals surface area contributed by atoms with E-state index in [4.69, 9.17) is 9.84 Å². The van der Waals surface area contributed by atoms with Crippen LogP contribution in [0.25, 0.3) is 0 Å². The summed E-state index contributed by atoms with van der Waals surface area (Å²) in [7, 11) is 0. The number of halogens is 4.